The van der Waals surface area contributed by atoms with Gasteiger partial charge in [-0.05, 0) is 31.5 Å². The summed E-state index contributed by atoms with van der Waals surface area (Å²) in [5, 5.41) is 3.20. The van der Waals surface area contributed by atoms with Crippen LogP contribution < -0.4 is 10.2 Å². The molecule has 0 bridgehead atoms. The van der Waals surface area contributed by atoms with Crippen LogP contribution in [0.15, 0.2) is 18.2 Å². The molecule has 0 aromatic heterocycles. The van der Waals surface area contributed by atoms with Crippen LogP contribution in [0.4, 0.5) is 10.1 Å². The lowest BCUT2D eigenvalue weighted by atomic mass is 10.2. The average molecular weight is 298 g/mol. The van der Waals surface area contributed by atoms with E-state index >= 15 is 0 Å². The maximum Gasteiger partial charge on any atom is 0.146 e. The number of ether oxygens (including phenoxy) is 2. The minimum Gasteiger partial charge on any atom is -0.383 e. The molecule has 1 N–H and O–H groups in total. The van der Waals surface area contributed by atoms with Gasteiger partial charge in [-0.15, -0.1) is 0 Å². The molecule has 0 aliphatic rings. The first-order valence-electron chi connectivity index (χ1n) is 7.35. The van der Waals surface area contributed by atoms with Gasteiger partial charge in [0.25, 0.3) is 0 Å². The first-order chi connectivity index (χ1) is 10.0. The third kappa shape index (κ3) is 6.89. The largest absolute Gasteiger partial charge is 0.383 e. The predicted molar refractivity (Wildman–Crippen MR) is 84.3 cm³/mol. The Morgan fingerprint density at radius 2 is 2.05 bits per heavy atom. The number of hydrogen-bond acceptors (Lipinski definition) is 4. The van der Waals surface area contributed by atoms with Crippen LogP contribution in [0.2, 0.25) is 0 Å². The molecule has 1 aromatic carbocycles. The Hall–Kier alpha value is -1.17. The zero-order valence-electron chi connectivity index (χ0n) is 13.5. The first-order valence-corrected chi connectivity index (χ1v) is 7.35. The molecule has 4 nitrogen and oxygen atoms in total. The van der Waals surface area contributed by atoms with E-state index in [2.05, 4.69) is 5.32 Å². The quantitative estimate of drug-likeness (QED) is 0.673. The Morgan fingerprint density at radius 1 is 1.29 bits per heavy atom. The van der Waals surface area contributed by atoms with Gasteiger partial charge in [-0.1, -0.05) is 6.07 Å². The fourth-order valence-electron chi connectivity index (χ4n) is 1.92. The van der Waals surface area contributed by atoms with Crippen molar-refractivity contribution < 1.29 is 13.9 Å². The number of methoxy groups -OCH3 is 1. The van der Waals surface area contributed by atoms with Crippen LogP contribution >= 0.6 is 0 Å². The van der Waals surface area contributed by atoms with Crippen molar-refractivity contribution in [1.82, 2.24) is 5.32 Å². The first kappa shape index (κ1) is 17.9. The van der Waals surface area contributed by atoms with Crippen molar-refractivity contribution in [3.63, 3.8) is 0 Å². The van der Waals surface area contributed by atoms with E-state index in [9.17, 15) is 4.39 Å². The second-order valence-corrected chi connectivity index (χ2v) is 5.30. The van der Waals surface area contributed by atoms with Gasteiger partial charge < -0.3 is 19.7 Å². The summed E-state index contributed by atoms with van der Waals surface area (Å²) in [6, 6.07) is 5.34. The second-order valence-electron chi connectivity index (χ2n) is 5.30. The van der Waals surface area contributed by atoms with Crippen LogP contribution in [0.3, 0.4) is 0 Å². The molecule has 0 heterocycles. The van der Waals surface area contributed by atoms with Gasteiger partial charge in [-0.3, -0.25) is 0 Å². The number of rotatable bonds is 10. The van der Waals surface area contributed by atoms with Gasteiger partial charge in [0, 0.05) is 33.8 Å². The highest BCUT2D eigenvalue weighted by Gasteiger charge is 2.08. The molecule has 1 rings (SSSR count). The smallest absolute Gasteiger partial charge is 0.146 e. The van der Waals surface area contributed by atoms with Crippen LogP contribution in [0.5, 0.6) is 0 Å². The predicted octanol–water partition coefficient (Wildman–Crippen LogP) is 2.42. The number of nitrogens with zero attached hydrogens (tertiary/aromatic N) is 1. The number of nitrogens with one attached hydrogen (secondary N) is 1. The molecular weight excluding hydrogens is 271 g/mol. The highest BCUT2D eigenvalue weighted by Crippen LogP contribution is 2.19. The van der Waals surface area contributed by atoms with Gasteiger partial charge in [-0.25, -0.2) is 4.39 Å². The van der Waals surface area contributed by atoms with Crippen molar-refractivity contribution in [3.05, 3.63) is 29.6 Å². The molecule has 0 unspecified atom stereocenters. The number of benzene rings is 1. The van der Waals surface area contributed by atoms with Crippen LogP contribution in [0.1, 0.15) is 19.4 Å². The van der Waals surface area contributed by atoms with E-state index in [0.29, 0.717) is 32.0 Å². The van der Waals surface area contributed by atoms with Gasteiger partial charge in [-0.2, -0.15) is 0 Å². The van der Waals surface area contributed by atoms with Gasteiger partial charge in [0.05, 0.1) is 25.0 Å². The Labute approximate surface area is 127 Å². The summed E-state index contributed by atoms with van der Waals surface area (Å²) in [6.07, 6.45) is 0.198. The van der Waals surface area contributed by atoms with Crippen molar-refractivity contribution in [2.75, 3.05) is 45.4 Å². The van der Waals surface area contributed by atoms with Crippen LogP contribution in [-0.2, 0) is 16.0 Å². The summed E-state index contributed by atoms with van der Waals surface area (Å²) in [5.74, 6) is -0.201. The Balaban J connectivity index is 2.48. The van der Waals surface area contributed by atoms with E-state index in [4.69, 9.17) is 9.47 Å². The Morgan fingerprint density at radius 3 is 2.67 bits per heavy atom. The highest BCUT2D eigenvalue weighted by atomic mass is 19.1. The molecule has 0 aliphatic heterocycles. The summed E-state index contributed by atoms with van der Waals surface area (Å²) >= 11 is 0. The third-order valence-corrected chi connectivity index (χ3v) is 3.11. The van der Waals surface area contributed by atoms with Crippen molar-refractivity contribution in [2.24, 2.45) is 0 Å². The van der Waals surface area contributed by atoms with Gasteiger partial charge in [0.2, 0.25) is 0 Å². The molecule has 0 aliphatic carbocycles. The maximum absolute atomic E-state index is 14.1. The third-order valence-electron chi connectivity index (χ3n) is 3.11. The normalized spacial score (nSPS) is 11.1. The molecule has 0 spiro atoms. The molecule has 120 valence electrons. The summed E-state index contributed by atoms with van der Waals surface area (Å²) < 4.78 is 24.6. The molecule has 0 fully saturated rings. The zero-order chi connectivity index (χ0) is 15.7. The van der Waals surface area contributed by atoms with Crippen molar-refractivity contribution in [1.29, 1.82) is 0 Å². The SMILES string of the molecule is COCCNCc1ccc(N(C)CCOC(C)C)c(F)c1. The molecule has 0 amide bonds. The molecule has 0 saturated carbocycles. The average Bonchev–Trinajstić information content (AvgIpc) is 2.43. The summed E-state index contributed by atoms with van der Waals surface area (Å²) in [4.78, 5) is 1.87. The fourth-order valence-corrected chi connectivity index (χ4v) is 1.92. The zero-order valence-corrected chi connectivity index (χ0v) is 13.5. The standard InChI is InChI=1S/C16H27FN2O2/c1-13(2)21-10-8-19(3)16-6-5-14(11-15(16)17)12-18-7-9-20-4/h5-6,11,13,18H,7-10,12H2,1-4H3. The molecule has 0 atom stereocenters. The van der Waals surface area contributed by atoms with E-state index in [-0.39, 0.29) is 11.9 Å². The number of halogens is 1. The highest BCUT2D eigenvalue weighted by molar-refractivity contribution is 5.48. The Bertz CT molecular complexity index is 413. The number of likely N-dealkylation sites (N-methyl/N-ethyl adjacent to an activating group) is 1. The maximum atomic E-state index is 14.1. The molecule has 0 saturated heterocycles. The summed E-state index contributed by atoms with van der Waals surface area (Å²) in [5.41, 5.74) is 1.53. The van der Waals surface area contributed by atoms with Crippen molar-refractivity contribution >= 4 is 5.69 Å². The lowest BCUT2D eigenvalue weighted by Gasteiger charge is -2.21. The monoisotopic (exact) mass is 298 g/mol. The van der Waals surface area contributed by atoms with Gasteiger partial charge in [0.15, 0.2) is 0 Å². The van der Waals surface area contributed by atoms with Crippen LogP contribution in [0, 0.1) is 5.82 Å². The van der Waals surface area contributed by atoms with E-state index in [1.807, 2.05) is 37.9 Å². The number of hydrogen-bond donors (Lipinski definition) is 1. The van der Waals surface area contributed by atoms with E-state index in [1.165, 1.54) is 0 Å². The second kappa shape index (κ2) is 9.71. The fraction of sp³-hybridized carbons (Fsp3) is 0.625. The molecule has 5 heteroatoms. The van der Waals surface area contributed by atoms with Crippen molar-refractivity contribution in [2.45, 2.75) is 26.5 Å². The minimum absolute atomic E-state index is 0.198. The van der Waals surface area contributed by atoms with Crippen molar-refractivity contribution in [3.8, 4) is 0 Å². The Kier molecular flexibility index (Phi) is 8.27. The molecular formula is C16H27FN2O2. The van der Waals surface area contributed by atoms with E-state index < -0.39 is 0 Å². The van der Waals surface area contributed by atoms with Crippen LogP contribution in [-0.4, -0.2) is 46.6 Å². The van der Waals surface area contributed by atoms with Crippen LogP contribution in [0.25, 0.3) is 0 Å². The lowest BCUT2D eigenvalue weighted by molar-refractivity contribution is 0.0845. The minimum atomic E-state index is -0.201. The summed E-state index contributed by atoms with van der Waals surface area (Å²) in [6.45, 7) is 7.29. The van der Waals surface area contributed by atoms with E-state index in [0.717, 1.165) is 12.1 Å². The molecule has 0 radical (unpaired) electrons. The van der Waals surface area contributed by atoms with Gasteiger partial charge >= 0.3 is 0 Å². The molecule has 21 heavy (non-hydrogen) atoms. The lowest BCUT2D eigenvalue weighted by Crippen LogP contribution is -2.25. The van der Waals surface area contributed by atoms with Gasteiger partial charge in [0.1, 0.15) is 5.82 Å². The summed E-state index contributed by atoms with van der Waals surface area (Å²) in [7, 11) is 3.54. The topological polar surface area (TPSA) is 33.7 Å². The number of anilines is 1. The molecule has 1 aromatic rings. The van der Waals surface area contributed by atoms with E-state index in [1.54, 1.807) is 13.2 Å².